The Morgan fingerprint density at radius 2 is 1.56 bits per heavy atom. The molecule has 2 aromatic rings. The quantitative estimate of drug-likeness (QED) is 0.556. The second-order valence-electron chi connectivity index (χ2n) is 5.97. The molecule has 3 rings (SSSR count). The minimum atomic E-state index is -2.89. The van der Waals surface area contributed by atoms with Crippen molar-refractivity contribution in [2.45, 2.75) is 26.6 Å². The van der Waals surface area contributed by atoms with Crippen molar-refractivity contribution in [3.8, 4) is 11.5 Å². The van der Waals surface area contributed by atoms with Gasteiger partial charge < -0.3 is 14.2 Å². The van der Waals surface area contributed by atoms with Crippen molar-refractivity contribution in [2.24, 2.45) is 4.99 Å². The van der Waals surface area contributed by atoms with Crippen LogP contribution >= 0.6 is 0 Å². The van der Waals surface area contributed by atoms with Gasteiger partial charge in [-0.15, -0.1) is 0 Å². The molecule has 1 heterocycles. The van der Waals surface area contributed by atoms with Gasteiger partial charge in [0.1, 0.15) is 11.5 Å². The zero-order valence-electron chi connectivity index (χ0n) is 14.7. The largest absolute Gasteiger partial charge is 0.491 e. The first kappa shape index (κ1) is 18.6. The minimum absolute atomic E-state index is 0.0362. The maximum atomic E-state index is 12.2. The van der Waals surface area contributed by atoms with Crippen LogP contribution in [0.25, 0.3) is 6.08 Å². The number of carbonyl (C=O) groups excluding carboxylic acids is 1. The normalized spacial score (nSPS) is 15.3. The first-order valence-corrected chi connectivity index (χ1v) is 8.25. The topological polar surface area (TPSA) is 57.1 Å². The number of rotatable bonds is 6. The zero-order chi connectivity index (χ0) is 19.4. The lowest BCUT2D eigenvalue weighted by Gasteiger charge is -2.09. The number of cyclic esters (lactones) is 1. The fraction of sp³-hybridized carbons (Fsp3) is 0.200. The van der Waals surface area contributed by atoms with Crippen molar-refractivity contribution < 1.29 is 27.8 Å². The Bertz CT molecular complexity index is 872. The van der Waals surface area contributed by atoms with Gasteiger partial charge in [0.05, 0.1) is 6.10 Å². The lowest BCUT2D eigenvalue weighted by Crippen LogP contribution is -2.07. The van der Waals surface area contributed by atoms with Crippen LogP contribution in [0.5, 0.6) is 11.5 Å². The number of esters is 1. The molecule has 0 saturated carbocycles. The summed E-state index contributed by atoms with van der Waals surface area (Å²) >= 11 is 0. The van der Waals surface area contributed by atoms with Crippen LogP contribution in [0.1, 0.15) is 25.0 Å². The summed E-state index contributed by atoms with van der Waals surface area (Å²) in [5.41, 5.74) is 1.37. The lowest BCUT2D eigenvalue weighted by atomic mass is 10.2. The second-order valence-corrected chi connectivity index (χ2v) is 5.97. The Morgan fingerprint density at radius 3 is 2.15 bits per heavy atom. The van der Waals surface area contributed by atoms with E-state index in [1.165, 1.54) is 18.2 Å². The van der Waals surface area contributed by atoms with Crippen molar-refractivity contribution in [2.75, 3.05) is 0 Å². The van der Waals surface area contributed by atoms with Crippen LogP contribution in [0, 0.1) is 0 Å². The molecule has 0 spiro atoms. The van der Waals surface area contributed by atoms with Gasteiger partial charge >= 0.3 is 12.6 Å². The highest BCUT2D eigenvalue weighted by Crippen LogP contribution is 2.22. The molecule has 0 saturated heterocycles. The second kappa shape index (κ2) is 7.99. The molecule has 0 aliphatic carbocycles. The van der Waals surface area contributed by atoms with Crippen molar-refractivity contribution in [1.82, 2.24) is 0 Å². The number of aliphatic imine (C=N–C) groups is 1. The molecular formula is C20H17F2NO4. The minimum Gasteiger partial charge on any atom is -0.491 e. The van der Waals surface area contributed by atoms with E-state index in [1.807, 2.05) is 13.8 Å². The number of alkyl halides is 2. The molecule has 1 aliphatic rings. The van der Waals surface area contributed by atoms with Crippen LogP contribution < -0.4 is 9.47 Å². The van der Waals surface area contributed by atoms with Crippen LogP contribution in [0.4, 0.5) is 8.78 Å². The molecule has 0 fully saturated rings. The molecule has 140 valence electrons. The van der Waals surface area contributed by atoms with Crippen LogP contribution in [0.15, 0.2) is 59.2 Å². The van der Waals surface area contributed by atoms with Gasteiger partial charge in [0.15, 0.2) is 5.70 Å². The summed E-state index contributed by atoms with van der Waals surface area (Å²) in [5.74, 6) is 0.356. The Balaban J connectivity index is 1.76. The first-order valence-electron chi connectivity index (χ1n) is 8.25. The van der Waals surface area contributed by atoms with Crippen molar-refractivity contribution >= 4 is 17.9 Å². The van der Waals surface area contributed by atoms with Crippen LogP contribution in [0.2, 0.25) is 0 Å². The van der Waals surface area contributed by atoms with E-state index in [0.29, 0.717) is 16.9 Å². The molecule has 0 amide bonds. The van der Waals surface area contributed by atoms with Crippen molar-refractivity contribution in [1.29, 1.82) is 0 Å². The summed E-state index contributed by atoms with van der Waals surface area (Å²) in [7, 11) is 0. The smallest absolute Gasteiger partial charge is 0.387 e. The Hall–Kier alpha value is -3.22. The zero-order valence-corrected chi connectivity index (χ0v) is 14.7. The van der Waals surface area contributed by atoms with Crippen molar-refractivity contribution in [3.05, 3.63) is 65.4 Å². The summed E-state index contributed by atoms with van der Waals surface area (Å²) in [6, 6.07) is 12.9. The Morgan fingerprint density at radius 1 is 0.963 bits per heavy atom. The third-order valence-electron chi connectivity index (χ3n) is 3.50. The van der Waals surface area contributed by atoms with Crippen LogP contribution in [0.3, 0.4) is 0 Å². The van der Waals surface area contributed by atoms with E-state index in [2.05, 4.69) is 9.73 Å². The predicted octanol–water partition coefficient (Wildman–Crippen LogP) is 4.42. The number of ether oxygens (including phenoxy) is 3. The molecule has 0 bridgehead atoms. The van der Waals surface area contributed by atoms with Gasteiger partial charge in [-0.2, -0.15) is 8.78 Å². The van der Waals surface area contributed by atoms with Crippen molar-refractivity contribution in [3.63, 3.8) is 0 Å². The molecule has 2 aromatic carbocycles. The fourth-order valence-corrected chi connectivity index (χ4v) is 2.38. The SMILES string of the molecule is CC(C)Oc1ccc(C2=N/C(=C\c3ccc(OC(F)F)cc3)C(=O)O2)cc1. The van der Waals surface area contributed by atoms with E-state index >= 15 is 0 Å². The number of hydrogen-bond acceptors (Lipinski definition) is 5. The van der Waals surface area contributed by atoms with Gasteiger partial charge in [0.2, 0.25) is 5.90 Å². The summed E-state index contributed by atoms with van der Waals surface area (Å²) < 4.78 is 39.4. The predicted molar refractivity (Wildman–Crippen MR) is 95.9 cm³/mol. The van der Waals surface area contributed by atoms with Gasteiger partial charge in [-0.25, -0.2) is 9.79 Å². The van der Waals surface area contributed by atoms with Crippen LogP contribution in [-0.2, 0) is 9.53 Å². The van der Waals surface area contributed by atoms with E-state index in [9.17, 15) is 13.6 Å². The summed E-state index contributed by atoms with van der Waals surface area (Å²) in [5, 5.41) is 0. The number of halogens is 2. The summed E-state index contributed by atoms with van der Waals surface area (Å²) in [4.78, 5) is 16.2. The van der Waals surface area contributed by atoms with Gasteiger partial charge in [-0.1, -0.05) is 12.1 Å². The average Bonchev–Trinajstić information content (AvgIpc) is 2.97. The van der Waals surface area contributed by atoms with Crippen LogP contribution in [-0.4, -0.2) is 24.6 Å². The summed E-state index contributed by atoms with van der Waals surface area (Å²) in [6.45, 7) is 0.975. The van der Waals surface area contributed by atoms with E-state index < -0.39 is 12.6 Å². The number of nitrogens with zero attached hydrogens (tertiary/aromatic N) is 1. The maximum absolute atomic E-state index is 12.2. The summed E-state index contributed by atoms with van der Waals surface area (Å²) in [6.07, 6.45) is 1.57. The average molecular weight is 373 g/mol. The van der Waals surface area contributed by atoms with E-state index in [1.54, 1.807) is 36.4 Å². The molecule has 0 unspecified atom stereocenters. The molecule has 27 heavy (non-hydrogen) atoms. The molecule has 7 heteroatoms. The van der Waals surface area contributed by atoms with Gasteiger partial charge in [0, 0.05) is 5.56 Å². The number of hydrogen-bond donors (Lipinski definition) is 0. The molecular weight excluding hydrogens is 356 g/mol. The fourth-order valence-electron chi connectivity index (χ4n) is 2.38. The first-order chi connectivity index (χ1) is 12.9. The Labute approximate surface area is 154 Å². The molecule has 0 atom stereocenters. The highest BCUT2D eigenvalue weighted by atomic mass is 19.3. The van der Waals surface area contributed by atoms with E-state index in [0.717, 1.165) is 0 Å². The Kier molecular flexibility index (Phi) is 5.49. The molecule has 5 nitrogen and oxygen atoms in total. The standard InChI is InChI=1S/C20H17F2NO4/c1-12(2)25-15-9-5-14(6-10-15)18-23-17(19(24)27-18)11-13-3-7-16(8-4-13)26-20(21)22/h3-12,20H,1-2H3/b17-11-. The maximum Gasteiger partial charge on any atom is 0.387 e. The lowest BCUT2D eigenvalue weighted by molar-refractivity contribution is -0.129. The number of benzene rings is 2. The third kappa shape index (κ3) is 4.91. The third-order valence-corrected chi connectivity index (χ3v) is 3.50. The molecule has 0 N–H and O–H groups in total. The van der Waals surface area contributed by atoms with Gasteiger partial charge in [-0.3, -0.25) is 0 Å². The van der Waals surface area contributed by atoms with E-state index in [-0.39, 0.29) is 23.4 Å². The highest BCUT2D eigenvalue weighted by molar-refractivity contribution is 6.12. The molecule has 0 radical (unpaired) electrons. The monoisotopic (exact) mass is 373 g/mol. The molecule has 0 aromatic heterocycles. The van der Waals surface area contributed by atoms with Gasteiger partial charge in [0.25, 0.3) is 0 Å². The highest BCUT2D eigenvalue weighted by Gasteiger charge is 2.24. The van der Waals surface area contributed by atoms with E-state index in [4.69, 9.17) is 9.47 Å². The number of carbonyl (C=O) groups is 1. The molecule has 1 aliphatic heterocycles. The van der Waals surface area contributed by atoms with Gasteiger partial charge in [-0.05, 0) is 61.9 Å².